The number of ether oxygens (including phenoxy) is 1. The topological polar surface area (TPSA) is 95.0 Å². The van der Waals surface area contributed by atoms with Crippen LogP contribution in [0.1, 0.15) is 23.2 Å². The highest BCUT2D eigenvalue weighted by Gasteiger charge is 2.31. The summed E-state index contributed by atoms with van der Waals surface area (Å²) in [7, 11) is 1.02. The molecule has 25 heavy (non-hydrogen) atoms. The molecule has 1 saturated heterocycles. The Labute approximate surface area is 150 Å². The SMILES string of the molecule is COc1c(C)cnc(CN2CC[C@@H](NS(=O)(=O)N(C)C)[C@H](O)C2)c1C. The molecule has 8 nitrogen and oxygen atoms in total. The highest BCUT2D eigenvalue weighted by molar-refractivity contribution is 7.87. The Morgan fingerprint density at radius 1 is 1.44 bits per heavy atom. The van der Waals surface area contributed by atoms with E-state index in [1.807, 2.05) is 13.8 Å². The van der Waals surface area contributed by atoms with Gasteiger partial charge in [-0.05, 0) is 20.3 Å². The van der Waals surface area contributed by atoms with E-state index in [1.165, 1.54) is 14.1 Å². The fourth-order valence-corrected chi connectivity index (χ4v) is 3.89. The van der Waals surface area contributed by atoms with Crippen molar-refractivity contribution in [2.24, 2.45) is 0 Å². The van der Waals surface area contributed by atoms with Gasteiger partial charge in [-0.15, -0.1) is 0 Å². The molecule has 0 radical (unpaired) electrons. The Morgan fingerprint density at radius 3 is 2.68 bits per heavy atom. The van der Waals surface area contributed by atoms with Gasteiger partial charge in [-0.3, -0.25) is 9.88 Å². The predicted molar refractivity (Wildman–Crippen MR) is 95.7 cm³/mol. The number of rotatable bonds is 6. The van der Waals surface area contributed by atoms with Crippen LogP contribution in [0.2, 0.25) is 0 Å². The van der Waals surface area contributed by atoms with Gasteiger partial charge in [-0.25, -0.2) is 0 Å². The fourth-order valence-electron chi connectivity index (χ4n) is 3.02. The van der Waals surface area contributed by atoms with E-state index in [1.54, 1.807) is 13.3 Å². The Kier molecular flexibility index (Phi) is 6.39. The van der Waals surface area contributed by atoms with Crippen molar-refractivity contribution in [1.82, 2.24) is 18.9 Å². The van der Waals surface area contributed by atoms with Crippen LogP contribution in [-0.4, -0.2) is 74.2 Å². The van der Waals surface area contributed by atoms with Gasteiger partial charge in [0.15, 0.2) is 0 Å². The van der Waals surface area contributed by atoms with Crippen molar-refractivity contribution < 1.29 is 18.3 Å². The molecule has 0 unspecified atom stereocenters. The Balaban J connectivity index is 2.02. The van der Waals surface area contributed by atoms with Crippen molar-refractivity contribution in [3.05, 3.63) is 23.0 Å². The zero-order valence-electron chi connectivity index (χ0n) is 15.5. The lowest BCUT2D eigenvalue weighted by molar-refractivity contribution is 0.0435. The summed E-state index contributed by atoms with van der Waals surface area (Å²) >= 11 is 0. The minimum atomic E-state index is -3.55. The quantitative estimate of drug-likeness (QED) is 0.732. The van der Waals surface area contributed by atoms with Gasteiger partial charge in [0.1, 0.15) is 5.75 Å². The number of hydrogen-bond acceptors (Lipinski definition) is 6. The number of β-amino-alcohol motifs (C(OH)–C–C–N with tert-alkyl or cyclic N) is 1. The lowest BCUT2D eigenvalue weighted by atomic mass is 10.0. The Morgan fingerprint density at radius 2 is 2.12 bits per heavy atom. The van der Waals surface area contributed by atoms with Crippen molar-refractivity contribution in [2.75, 3.05) is 34.3 Å². The standard InChI is InChI=1S/C16H28N4O4S/c1-11-8-17-14(12(2)16(11)24-5)9-20-7-6-13(15(21)10-20)18-25(22,23)19(3)4/h8,13,15,18,21H,6-7,9-10H2,1-5H3/t13-,15-/m1/s1. The first kappa shape index (κ1) is 20.1. The van der Waals surface area contributed by atoms with Crippen molar-refractivity contribution in [1.29, 1.82) is 0 Å². The monoisotopic (exact) mass is 372 g/mol. The molecule has 1 fully saturated rings. The maximum atomic E-state index is 11.9. The number of aromatic nitrogens is 1. The summed E-state index contributed by atoms with van der Waals surface area (Å²) in [5, 5.41) is 10.3. The van der Waals surface area contributed by atoms with Crippen LogP contribution >= 0.6 is 0 Å². The van der Waals surface area contributed by atoms with E-state index in [0.29, 0.717) is 26.1 Å². The number of pyridine rings is 1. The van der Waals surface area contributed by atoms with Crippen LogP contribution in [-0.2, 0) is 16.8 Å². The molecule has 9 heteroatoms. The molecule has 142 valence electrons. The molecule has 0 aromatic carbocycles. The number of methoxy groups -OCH3 is 1. The van der Waals surface area contributed by atoms with Gasteiger partial charge in [-0.1, -0.05) is 0 Å². The van der Waals surface area contributed by atoms with E-state index in [4.69, 9.17) is 4.74 Å². The van der Waals surface area contributed by atoms with Gasteiger partial charge in [0.05, 0.1) is 24.9 Å². The molecule has 1 aliphatic rings. The van der Waals surface area contributed by atoms with E-state index in [2.05, 4.69) is 14.6 Å². The van der Waals surface area contributed by atoms with E-state index in [9.17, 15) is 13.5 Å². The van der Waals surface area contributed by atoms with Gasteiger partial charge in [0.25, 0.3) is 10.2 Å². The summed E-state index contributed by atoms with van der Waals surface area (Å²) in [4.78, 5) is 6.56. The molecule has 0 saturated carbocycles. The molecule has 0 amide bonds. The summed E-state index contributed by atoms with van der Waals surface area (Å²) < 4.78 is 33.0. The molecule has 1 aliphatic heterocycles. The number of nitrogens with one attached hydrogen (secondary N) is 1. The van der Waals surface area contributed by atoms with Gasteiger partial charge < -0.3 is 9.84 Å². The van der Waals surface area contributed by atoms with Gasteiger partial charge in [0.2, 0.25) is 0 Å². The number of aliphatic hydroxyl groups excluding tert-OH is 1. The highest BCUT2D eigenvalue weighted by Crippen LogP contribution is 2.25. The molecule has 1 aromatic heterocycles. The molecule has 2 heterocycles. The molecular weight excluding hydrogens is 344 g/mol. The summed E-state index contributed by atoms with van der Waals surface area (Å²) in [6.07, 6.45) is 1.56. The van der Waals surface area contributed by atoms with Crippen LogP contribution in [0.5, 0.6) is 5.75 Å². The normalized spacial score (nSPS) is 22.4. The molecule has 0 spiro atoms. The molecule has 1 aromatic rings. The second-order valence-electron chi connectivity index (χ2n) is 6.65. The first-order valence-electron chi connectivity index (χ1n) is 8.25. The molecule has 2 rings (SSSR count). The van der Waals surface area contributed by atoms with E-state index < -0.39 is 22.4 Å². The highest BCUT2D eigenvalue weighted by atomic mass is 32.2. The van der Waals surface area contributed by atoms with Crippen LogP contribution in [0.4, 0.5) is 0 Å². The second-order valence-corrected chi connectivity index (χ2v) is 8.57. The second kappa shape index (κ2) is 7.96. The first-order valence-corrected chi connectivity index (χ1v) is 9.69. The summed E-state index contributed by atoms with van der Waals surface area (Å²) in [5.74, 6) is 0.833. The van der Waals surface area contributed by atoms with Gasteiger partial charge >= 0.3 is 0 Å². The summed E-state index contributed by atoms with van der Waals surface area (Å²) in [6.45, 7) is 5.58. The molecule has 2 N–H and O–H groups in total. The maximum Gasteiger partial charge on any atom is 0.279 e. The number of likely N-dealkylation sites (tertiary alicyclic amines) is 1. The first-order chi connectivity index (χ1) is 11.7. The van der Waals surface area contributed by atoms with Crippen molar-refractivity contribution in [2.45, 2.75) is 39.0 Å². The van der Waals surface area contributed by atoms with E-state index in [0.717, 1.165) is 26.9 Å². The maximum absolute atomic E-state index is 11.9. The van der Waals surface area contributed by atoms with Crippen LogP contribution in [0.3, 0.4) is 0 Å². The number of aliphatic hydroxyl groups is 1. The number of nitrogens with zero attached hydrogens (tertiary/aromatic N) is 3. The lowest BCUT2D eigenvalue weighted by Crippen LogP contribution is -2.55. The molecule has 0 bridgehead atoms. The van der Waals surface area contributed by atoms with Crippen molar-refractivity contribution in [3.63, 3.8) is 0 Å². The lowest BCUT2D eigenvalue weighted by Gasteiger charge is -2.36. The summed E-state index contributed by atoms with van der Waals surface area (Å²) in [6, 6.07) is -0.481. The number of hydrogen-bond donors (Lipinski definition) is 2. The van der Waals surface area contributed by atoms with Gasteiger partial charge in [-0.2, -0.15) is 17.4 Å². The largest absolute Gasteiger partial charge is 0.496 e. The summed E-state index contributed by atoms with van der Waals surface area (Å²) in [5.41, 5.74) is 2.88. The third-order valence-electron chi connectivity index (χ3n) is 4.57. The average molecular weight is 372 g/mol. The Hall–Kier alpha value is -1.26. The predicted octanol–water partition coefficient (Wildman–Crippen LogP) is 0.0382. The average Bonchev–Trinajstić information content (AvgIpc) is 2.53. The van der Waals surface area contributed by atoms with Gasteiger partial charge in [0, 0.05) is 51.1 Å². The van der Waals surface area contributed by atoms with Crippen molar-refractivity contribution >= 4 is 10.2 Å². The van der Waals surface area contributed by atoms with Crippen LogP contribution in [0.25, 0.3) is 0 Å². The minimum Gasteiger partial charge on any atom is -0.496 e. The number of piperidine rings is 1. The fraction of sp³-hybridized carbons (Fsp3) is 0.688. The van der Waals surface area contributed by atoms with Crippen LogP contribution in [0, 0.1) is 13.8 Å². The third-order valence-corrected chi connectivity index (χ3v) is 6.13. The van der Waals surface area contributed by atoms with Crippen LogP contribution < -0.4 is 9.46 Å². The minimum absolute atomic E-state index is 0.387. The van der Waals surface area contributed by atoms with Crippen molar-refractivity contribution in [3.8, 4) is 5.75 Å². The Bertz CT molecular complexity index is 708. The number of aryl methyl sites for hydroxylation is 1. The molecule has 0 aliphatic carbocycles. The van der Waals surface area contributed by atoms with E-state index >= 15 is 0 Å². The molecular formula is C16H28N4O4S. The molecule has 2 atom stereocenters. The third kappa shape index (κ3) is 4.68. The van der Waals surface area contributed by atoms with E-state index in [-0.39, 0.29) is 0 Å². The zero-order chi connectivity index (χ0) is 18.8. The van der Waals surface area contributed by atoms with Crippen LogP contribution in [0.15, 0.2) is 6.20 Å². The zero-order valence-corrected chi connectivity index (χ0v) is 16.3. The smallest absolute Gasteiger partial charge is 0.279 e.